The van der Waals surface area contributed by atoms with Gasteiger partial charge in [-0.15, -0.1) is 0 Å². The van der Waals surface area contributed by atoms with Crippen molar-refractivity contribution in [3.05, 3.63) is 30.2 Å². The Bertz CT molecular complexity index is 468. The first-order valence-corrected chi connectivity index (χ1v) is 5.01. The highest BCUT2D eigenvalue weighted by Crippen LogP contribution is 2.26. The summed E-state index contributed by atoms with van der Waals surface area (Å²) in [5.74, 6) is 1.80. The predicted molar refractivity (Wildman–Crippen MR) is 59.0 cm³/mol. The minimum absolute atomic E-state index is 0.494. The molecule has 0 aliphatic heterocycles. The molecule has 0 saturated carbocycles. The normalized spacial score (nSPS) is 10.4. The summed E-state index contributed by atoms with van der Waals surface area (Å²) in [6.45, 7) is 0.494. The zero-order valence-electron chi connectivity index (χ0n) is 9.01. The molecular formula is C11H13N3O2. The van der Waals surface area contributed by atoms with Gasteiger partial charge in [-0.3, -0.25) is 0 Å². The van der Waals surface area contributed by atoms with Crippen LogP contribution < -0.4 is 10.5 Å². The van der Waals surface area contributed by atoms with Crippen molar-refractivity contribution in [1.82, 2.24) is 10.1 Å². The maximum absolute atomic E-state index is 5.41. The molecule has 0 amide bonds. The second-order valence-electron chi connectivity index (χ2n) is 3.25. The molecule has 0 unspecified atom stereocenters. The van der Waals surface area contributed by atoms with Crippen molar-refractivity contribution < 1.29 is 9.26 Å². The molecule has 0 spiro atoms. The summed E-state index contributed by atoms with van der Waals surface area (Å²) in [5.41, 5.74) is 6.23. The fourth-order valence-electron chi connectivity index (χ4n) is 1.42. The van der Waals surface area contributed by atoms with Crippen LogP contribution in [0.5, 0.6) is 5.75 Å². The van der Waals surface area contributed by atoms with E-state index in [1.807, 2.05) is 24.3 Å². The number of aromatic nitrogens is 2. The highest BCUT2D eigenvalue weighted by molar-refractivity contribution is 5.63. The number of hydrogen-bond acceptors (Lipinski definition) is 5. The third kappa shape index (κ3) is 2.04. The molecule has 0 saturated heterocycles. The Balaban J connectivity index is 2.34. The molecule has 2 aromatic rings. The summed E-state index contributed by atoms with van der Waals surface area (Å²) in [5, 5.41) is 3.89. The Hall–Kier alpha value is -1.88. The van der Waals surface area contributed by atoms with Crippen LogP contribution in [0.1, 0.15) is 5.89 Å². The predicted octanol–water partition coefficient (Wildman–Crippen LogP) is 1.25. The smallest absolute Gasteiger partial charge is 0.228 e. The van der Waals surface area contributed by atoms with Crippen LogP contribution in [0.3, 0.4) is 0 Å². The van der Waals surface area contributed by atoms with Crippen LogP contribution in [-0.2, 0) is 6.42 Å². The number of methoxy groups -OCH3 is 1. The molecule has 0 aliphatic carbocycles. The largest absolute Gasteiger partial charge is 0.496 e. The first kappa shape index (κ1) is 10.6. The lowest BCUT2D eigenvalue weighted by Crippen LogP contribution is -2.02. The van der Waals surface area contributed by atoms with Gasteiger partial charge in [0.15, 0.2) is 0 Å². The van der Waals surface area contributed by atoms with Crippen molar-refractivity contribution in [3.63, 3.8) is 0 Å². The monoisotopic (exact) mass is 219 g/mol. The summed E-state index contributed by atoms with van der Waals surface area (Å²) in [6.07, 6.45) is 0.585. The van der Waals surface area contributed by atoms with E-state index in [4.69, 9.17) is 15.0 Å². The summed E-state index contributed by atoms with van der Waals surface area (Å²) >= 11 is 0. The van der Waals surface area contributed by atoms with E-state index < -0.39 is 0 Å². The molecule has 16 heavy (non-hydrogen) atoms. The topological polar surface area (TPSA) is 74.2 Å². The molecular weight excluding hydrogens is 206 g/mol. The van der Waals surface area contributed by atoms with E-state index in [1.165, 1.54) is 0 Å². The molecule has 0 aliphatic rings. The van der Waals surface area contributed by atoms with E-state index in [-0.39, 0.29) is 0 Å². The van der Waals surface area contributed by atoms with Gasteiger partial charge in [-0.1, -0.05) is 17.3 Å². The summed E-state index contributed by atoms with van der Waals surface area (Å²) in [6, 6.07) is 7.53. The van der Waals surface area contributed by atoms with E-state index >= 15 is 0 Å². The van der Waals surface area contributed by atoms with Gasteiger partial charge in [0.25, 0.3) is 0 Å². The summed E-state index contributed by atoms with van der Waals surface area (Å²) in [4.78, 5) is 4.24. The Morgan fingerprint density at radius 3 is 2.94 bits per heavy atom. The van der Waals surface area contributed by atoms with Gasteiger partial charge in [0.2, 0.25) is 11.7 Å². The van der Waals surface area contributed by atoms with Crippen molar-refractivity contribution in [1.29, 1.82) is 0 Å². The van der Waals surface area contributed by atoms with Crippen LogP contribution in [0.15, 0.2) is 28.8 Å². The van der Waals surface area contributed by atoms with E-state index in [9.17, 15) is 0 Å². The number of hydrogen-bond donors (Lipinski definition) is 1. The van der Waals surface area contributed by atoms with Crippen LogP contribution in [0.4, 0.5) is 0 Å². The molecule has 0 atom stereocenters. The molecule has 2 N–H and O–H groups in total. The lowest BCUT2D eigenvalue weighted by atomic mass is 10.2. The van der Waals surface area contributed by atoms with Gasteiger partial charge in [0.05, 0.1) is 12.7 Å². The molecule has 5 nitrogen and oxygen atoms in total. The molecule has 1 aromatic carbocycles. The molecule has 5 heteroatoms. The summed E-state index contributed by atoms with van der Waals surface area (Å²) in [7, 11) is 1.61. The first-order chi connectivity index (χ1) is 7.85. The van der Waals surface area contributed by atoms with Crippen LogP contribution in [0, 0.1) is 0 Å². The number of rotatable bonds is 4. The third-order valence-electron chi connectivity index (χ3n) is 2.17. The van der Waals surface area contributed by atoms with Crippen molar-refractivity contribution in [3.8, 4) is 17.1 Å². The van der Waals surface area contributed by atoms with Gasteiger partial charge in [-0.2, -0.15) is 4.98 Å². The highest BCUT2D eigenvalue weighted by atomic mass is 16.5. The molecule has 1 aromatic heterocycles. The molecule has 0 radical (unpaired) electrons. The SMILES string of the molecule is COc1ccccc1-c1noc(CCN)n1. The fraction of sp³-hybridized carbons (Fsp3) is 0.273. The van der Waals surface area contributed by atoms with Gasteiger partial charge in [-0.25, -0.2) is 0 Å². The van der Waals surface area contributed by atoms with Gasteiger partial charge < -0.3 is 15.0 Å². The van der Waals surface area contributed by atoms with Gasteiger partial charge in [0, 0.05) is 13.0 Å². The van der Waals surface area contributed by atoms with Crippen molar-refractivity contribution in [2.45, 2.75) is 6.42 Å². The lowest BCUT2D eigenvalue weighted by Gasteiger charge is -2.02. The maximum atomic E-state index is 5.41. The van der Waals surface area contributed by atoms with Crippen LogP contribution in [0.25, 0.3) is 11.4 Å². The van der Waals surface area contributed by atoms with Gasteiger partial charge in [-0.05, 0) is 12.1 Å². The van der Waals surface area contributed by atoms with Gasteiger partial charge in [0.1, 0.15) is 5.75 Å². The molecule has 0 fully saturated rings. The Morgan fingerprint density at radius 2 is 2.19 bits per heavy atom. The second-order valence-corrected chi connectivity index (χ2v) is 3.25. The molecule has 2 rings (SSSR count). The van der Waals surface area contributed by atoms with E-state index in [2.05, 4.69) is 10.1 Å². The third-order valence-corrected chi connectivity index (χ3v) is 2.17. The van der Waals surface area contributed by atoms with Crippen LogP contribution in [-0.4, -0.2) is 23.8 Å². The number of nitrogens with zero attached hydrogens (tertiary/aromatic N) is 2. The van der Waals surface area contributed by atoms with Gasteiger partial charge >= 0.3 is 0 Å². The van der Waals surface area contributed by atoms with Crippen molar-refractivity contribution in [2.24, 2.45) is 5.73 Å². The van der Waals surface area contributed by atoms with Crippen LogP contribution >= 0.6 is 0 Å². The standard InChI is InChI=1S/C11H13N3O2/c1-15-9-5-3-2-4-8(9)11-13-10(6-7-12)16-14-11/h2-5H,6-7,12H2,1H3. The Labute approximate surface area is 93.2 Å². The quantitative estimate of drug-likeness (QED) is 0.837. The second kappa shape index (κ2) is 4.76. The van der Waals surface area contributed by atoms with E-state index in [0.29, 0.717) is 24.7 Å². The number of nitrogens with two attached hydrogens (primary N) is 1. The molecule has 0 bridgehead atoms. The lowest BCUT2D eigenvalue weighted by molar-refractivity contribution is 0.379. The minimum Gasteiger partial charge on any atom is -0.496 e. The van der Waals surface area contributed by atoms with Crippen molar-refractivity contribution >= 4 is 0 Å². The number of para-hydroxylation sites is 1. The molecule has 84 valence electrons. The first-order valence-electron chi connectivity index (χ1n) is 5.01. The average Bonchev–Trinajstić information content (AvgIpc) is 2.78. The van der Waals surface area contributed by atoms with E-state index in [0.717, 1.165) is 11.3 Å². The fourth-order valence-corrected chi connectivity index (χ4v) is 1.42. The zero-order valence-corrected chi connectivity index (χ0v) is 9.01. The molecule has 1 heterocycles. The average molecular weight is 219 g/mol. The zero-order chi connectivity index (χ0) is 11.4. The Morgan fingerprint density at radius 1 is 1.38 bits per heavy atom. The number of ether oxygens (including phenoxy) is 1. The minimum atomic E-state index is 0.494. The highest BCUT2D eigenvalue weighted by Gasteiger charge is 2.11. The maximum Gasteiger partial charge on any atom is 0.228 e. The summed E-state index contributed by atoms with van der Waals surface area (Å²) < 4.78 is 10.3. The number of benzene rings is 1. The van der Waals surface area contributed by atoms with Crippen LogP contribution in [0.2, 0.25) is 0 Å². The van der Waals surface area contributed by atoms with Crippen molar-refractivity contribution in [2.75, 3.05) is 13.7 Å². The van der Waals surface area contributed by atoms with E-state index in [1.54, 1.807) is 7.11 Å². The Kier molecular flexibility index (Phi) is 3.16.